The number of carbonyl (C=O) groups excluding carboxylic acids is 1. The molecular weight excluding hydrogens is 300 g/mol. The van der Waals surface area contributed by atoms with Crippen molar-refractivity contribution in [2.45, 2.75) is 31.5 Å². The maximum atomic E-state index is 12.0. The number of hydrogen-bond acceptors (Lipinski definition) is 5. The van der Waals surface area contributed by atoms with Gasteiger partial charge in [-0.2, -0.15) is 0 Å². The van der Waals surface area contributed by atoms with E-state index in [1.807, 2.05) is 36.6 Å². The van der Waals surface area contributed by atoms with Gasteiger partial charge in [0.15, 0.2) is 5.16 Å². The average Bonchev–Trinajstić information content (AvgIpc) is 2.52. The summed E-state index contributed by atoms with van der Waals surface area (Å²) in [4.78, 5) is 30.7. The number of aromatic amines is 1. The summed E-state index contributed by atoms with van der Waals surface area (Å²) in [6.45, 7) is 2.03. The molecule has 0 amide bonds. The fourth-order valence-electron chi connectivity index (χ4n) is 2.01. The molecule has 1 heterocycles. The van der Waals surface area contributed by atoms with Gasteiger partial charge in [-0.25, -0.2) is 4.98 Å². The van der Waals surface area contributed by atoms with Crippen LogP contribution in [-0.4, -0.2) is 22.2 Å². The molecule has 2 rings (SSSR count). The number of carbonyl (C=O) groups is 1. The normalized spacial score (nSPS) is 10.5. The summed E-state index contributed by atoms with van der Waals surface area (Å²) >= 11 is 1.38. The molecule has 0 unspecified atom stereocenters. The van der Waals surface area contributed by atoms with Gasteiger partial charge in [-0.15, -0.1) is 0 Å². The molecule has 0 atom stereocenters. The van der Waals surface area contributed by atoms with E-state index in [4.69, 9.17) is 4.74 Å². The predicted molar refractivity (Wildman–Crippen MR) is 85.9 cm³/mol. The van der Waals surface area contributed by atoms with E-state index >= 15 is 0 Å². The van der Waals surface area contributed by atoms with Crippen molar-refractivity contribution in [2.24, 2.45) is 0 Å². The first kappa shape index (κ1) is 16.3. The zero-order valence-electron chi connectivity index (χ0n) is 12.6. The van der Waals surface area contributed by atoms with E-state index < -0.39 is 0 Å². The molecule has 1 N–H and O–H groups in total. The third-order valence-electron chi connectivity index (χ3n) is 3.22. The summed E-state index contributed by atoms with van der Waals surface area (Å²) in [6, 6.07) is 9.49. The van der Waals surface area contributed by atoms with E-state index in [0.717, 1.165) is 5.56 Å². The molecule has 22 heavy (non-hydrogen) atoms. The van der Waals surface area contributed by atoms with Gasteiger partial charge in [0.05, 0.1) is 0 Å². The molecule has 6 heteroatoms. The monoisotopic (exact) mass is 318 g/mol. The Morgan fingerprint density at radius 1 is 1.32 bits per heavy atom. The van der Waals surface area contributed by atoms with Gasteiger partial charge in [-0.05, 0) is 25.2 Å². The number of H-pyrrole nitrogens is 1. The summed E-state index contributed by atoms with van der Waals surface area (Å²) in [5.74, 6) is -0.323. The minimum absolute atomic E-state index is 0.164. The number of nitrogens with zero attached hydrogens (tertiary/aromatic N) is 1. The van der Waals surface area contributed by atoms with Gasteiger partial charge >= 0.3 is 5.97 Å². The quantitative estimate of drug-likeness (QED) is 0.503. The first-order chi connectivity index (χ1) is 10.6. The van der Waals surface area contributed by atoms with Gasteiger partial charge in [0.25, 0.3) is 5.56 Å². The van der Waals surface area contributed by atoms with E-state index in [1.54, 1.807) is 6.92 Å². The molecule has 0 aliphatic carbocycles. The number of nitrogens with one attached hydrogen (secondary N) is 1. The van der Waals surface area contributed by atoms with Gasteiger partial charge in [0.2, 0.25) is 0 Å². The molecule has 1 aromatic carbocycles. The molecule has 0 saturated heterocycles. The Morgan fingerprint density at radius 2 is 2.05 bits per heavy atom. The van der Waals surface area contributed by atoms with Crippen LogP contribution in [0.15, 0.2) is 40.3 Å². The highest BCUT2D eigenvalue weighted by molar-refractivity contribution is 7.98. The van der Waals surface area contributed by atoms with Gasteiger partial charge in [-0.3, -0.25) is 9.59 Å². The van der Waals surface area contributed by atoms with Crippen LogP contribution in [0.5, 0.6) is 0 Å². The molecule has 116 valence electrons. The molecule has 0 aliphatic rings. The lowest BCUT2D eigenvalue weighted by Crippen LogP contribution is -2.18. The van der Waals surface area contributed by atoms with Crippen LogP contribution in [0.3, 0.4) is 0 Å². The zero-order valence-corrected chi connectivity index (χ0v) is 13.4. The first-order valence-electron chi connectivity index (χ1n) is 6.93. The summed E-state index contributed by atoms with van der Waals surface area (Å²) < 4.78 is 5.20. The van der Waals surface area contributed by atoms with Crippen LogP contribution < -0.4 is 5.56 Å². The van der Waals surface area contributed by atoms with Crippen LogP contribution in [-0.2, 0) is 22.6 Å². The lowest BCUT2D eigenvalue weighted by Gasteiger charge is -2.07. The minimum atomic E-state index is -0.323. The van der Waals surface area contributed by atoms with Crippen LogP contribution >= 0.6 is 11.8 Å². The van der Waals surface area contributed by atoms with Crippen molar-refractivity contribution in [3.63, 3.8) is 0 Å². The Balaban J connectivity index is 1.90. The summed E-state index contributed by atoms with van der Waals surface area (Å²) in [7, 11) is 0. The molecule has 0 bridgehead atoms. The molecule has 0 spiro atoms. The smallest absolute Gasteiger partial charge is 0.306 e. The number of esters is 1. The fraction of sp³-hybridized carbons (Fsp3) is 0.312. The van der Waals surface area contributed by atoms with Crippen molar-refractivity contribution in [1.82, 2.24) is 9.97 Å². The highest BCUT2D eigenvalue weighted by Gasteiger charge is 2.11. The zero-order chi connectivity index (χ0) is 15.9. The molecule has 1 aromatic heterocycles. The summed E-state index contributed by atoms with van der Waals surface area (Å²) in [6.07, 6.45) is 2.34. The van der Waals surface area contributed by atoms with Crippen LogP contribution in [0, 0.1) is 6.92 Å². The average molecular weight is 318 g/mol. The maximum Gasteiger partial charge on any atom is 0.306 e. The van der Waals surface area contributed by atoms with E-state index in [0.29, 0.717) is 22.8 Å². The molecule has 0 fully saturated rings. The van der Waals surface area contributed by atoms with E-state index in [9.17, 15) is 9.59 Å². The standard InChI is InChI=1S/C16H18N2O3S/c1-11-13(15(20)18-16(17-11)22-2)8-9-14(19)21-10-12-6-4-3-5-7-12/h3-7H,8-10H2,1-2H3,(H,17,18,20). The van der Waals surface area contributed by atoms with Crippen LogP contribution in [0.4, 0.5) is 0 Å². The Kier molecular flexibility index (Phi) is 5.77. The van der Waals surface area contributed by atoms with Gasteiger partial charge in [0, 0.05) is 17.7 Å². The largest absolute Gasteiger partial charge is 0.461 e. The lowest BCUT2D eigenvalue weighted by molar-refractivity contribution is -0.144. The maximum absolute atomic E-state index is 12.0. The molecule has 5 nitrogen and oxygen atoms in total. The topological polar surface area (TPSA) is 72.0 Å². The van der Waals surface area contributed by atoms with E-state index in [-0.39, 0.29) is 24.6 Å². The van der Waals surface area contributed by atoms with Crippen molar-refractivity contribution in [3.05, 3.63) is 57.5 Å². The van der Waals surface area contributed by atoms with Crippen LogP contribution in [0.25, 0.3) is 0 Å². The van der Waals surface area contributed by atoms with Gasteiger partial charge < -0.3 is 9.72 Å². The Hall–Kier alpha value is -2.08. The predicted octanol–water partition coefficient (Wildman–Crippen LogP) is 2.48. The second-order valence-electron chi connectivity index (χ2n) is 4.79. The third kappa shape index (κ3) is 4.46. The van der Waals surface area contributed by atoms with Gasteiger partial charge in [-0.1, -0.05) is 42.1 Å². The number of rotatable bonds is 6. The second kappa shape index (κ2) is 7.79. The lowest BCUT2D eigenvalue weighted by atomic mass is 10.1. The van der Waals surface area contributed by atoms with Crippen LogP contribution in [0.1, 0.15) is 23.2 Å². The van der Waals surface area contributed by atoms with Crippen molar-refractivity contribution >= 4 is 17.7 Å². The van der Waals surface area contributed by atoms with Crippen molar-refractivity contribution in [1.29, 1.82) is 0 Å². The Bertz CT molecular complexity index is 698. The first-order valence-corrected chi connectivity index (χ1v) is 8.16. The van der Waals surface area contributed by atoms with Crippen LogP contribution in [0.2, 0.25) is 0 Å². The number of hydrogen-bond donors (Lipinski definition) is 1. The summed E-state index contributed by atoms with van der Waals surface area (Å²) in [5.41, 5.74) is 1.95. The molecule has 0 aliphatic heterocycles. The molecule has 2 aromatic rings. The Morgan fingerprint density at radius 3 is 2.68 bits per heavy atom. The highest BCUT2D eigenvalue weighted by Crippen LogP contribution is 2.10. The number of aromatic nitrogens is 2. The second-order valence-corrected chi connectivity index (χ2v) is 5.58. The van der Waals surface area contributed by atoms with Gasteiger partial charge in [0.1, 0.15) is 6.61 Å². The Labute approximate surface area is 133 Å². The van der Waals surface area contributed by atoms with E-state index in [1.165, 1.54) is 11.8 Å². The van der Waals surface area contributed by atoms with E-state index in [2.05, 4.69) is 9.97 Å². The number of benzene rings is 1. The van der Waals surface area contributed by atoms with Crippen molar-refractivity contribution < 1.29 is 9.53 Å². The molecule has 0 saturated carbocycles. The fourth-order valence-corrected chi connectivity index (χ4v) is 2.44. The number of thioether (sulfide) groups is 1. The third-order valence-corrected chi connectivity index (χ3v) is 3.80. The number of ether oxygens (including phenoxy) is 1. The molecular formula is C16H18N2O3S. The minimum Gasteiger partial charge on any atom is -0.461 e. The number of aryl methyl sites for hydroxylation is 1. The van der Waals surface area contributed by atoms with Crippen molar-refractivity contribution in [3.8, 4) is 0 Å². The molecule has 0 radical (unpaired) electrons. The summed E-state index contributed by atoms with van der Waals surface area (Å²) in [5, 5.41) is 0.581. The van der Waals surface area contributed by atoms with Crippen molar-refractivity contribution in [2.75, 3.05) is 6.26 Å². The highest BCUT2D eigenvalue weighted by atomic mass is 32.2. The SMILES string of the molecule is CSc1nc(C)c(CCC(=O)OCc2ccccc2)c(=O)[nH]1.